The molecule has 0 radical (unpaired) electrons. The van der Waals surface area contributed by atoms with Crippen LogP contribution in [0.5, 0.6) is 0 Å². The van der Waals surface area contributed by atoms with Crippen LogP contribution in [0.25, 0.3) is 0 Å². The lowest BCUT2D eigenvalue weighted by Crippen LogP contribution is -2.04. The molecule has 0 atom stereocenters. The Hall–Kier alpha value is 0.0900. The Labute approximate surface area is 81.8 Å². The third-order valence-corrected chi connectivity index (χ3v) is 2.66. The van der Waals surface area contributed by atoms with Crippen LogP contribution < -0.4 is 0 Å². The average Bonchev–Trinajstić information content (AvgIpc) is 1.83. The van der Waals surface area contributed by atoms with Crippen LogP contribution in [-0.2, 0) is 0 Å². The molecule has 0 aromatic carbocycles. The predicted octanol–water partition coefficient (Wildman–Crippen LogP) is 4.47. The molecule has 0 fully saturated rings. The second-order valence-corrected chi connectivity index (χ2v) is 5.96. The zero-order valence-corrected chi connectivity index (χ0v) is 9.76. The Kier molecular flexibility index (Phi) is 5.73. The standard InChI is InChI=1S/C11H22S/c1-10(2)12-9-7-6-8-11(3,4)5/h1,6-9H2,2-5H3. The minimum atomic E-state index is 0.508. The maximum Gasteiger partial charge on any atom is -0.00236 e. The highest BCUT2D eigenvalue weighted by atomic mass is 32.2. The highest BCUT2D eigenvalue weighted by Gasteiger charge is 2.08. The van der Waals surface area contributed by atoms with Crippen LogP contribution in [0.4, 0.5) is 0 Å². The minimum Gasteiger partial charge on any atom is -0.132 e. The highest BCUT2D eigenvalue weighted by Crippen LogP contribution is 2.23. The summed E-state index contributed by atoms with van der Waals surface area (Å²) in [7, 11) is 0. The van der Waals surface area contributed by atoms with E-state index in [0.29, 0.717) is 5.41 Å². The molecule has 1 heteroatoms. The molecular formula is C11H22S. The van der Waals surface area contributed by atoms with Crippen molar-refractivity contribution in [3.63, 3.8) is 0 Å². The van der Waals surface area contributed by atoms with Crippen LogP contribution in [-0.4, -0.2) is 5.75 Å². The van der Waals surface area contributed by atoms with Crippen LogP contribution >= 0.6 is 11.8 Å². The first kappa shape index (κ1) is 12.1. The number of allylic oxidation sites excluding steroid dienone is 1. The third-order valence-electron chi connectivity index (χ3n) is 1.67. The van der Waals surface area contributed by atoms with E-state index in [4.69, 9.17) is 0 Å². The lowest BCUT2D eigenvalue weighted by Gasteiger charge is -2.17. The van der Waals surface area contributed by atoms with E-state index in [2.05, 4.69) is 34.3 Å². The Morgan fingerprint density at radius 3 is 2.25 bits per heavy atom. The molecule has 0 rings (SSSR count). The summed E-state index contributed by atoms with van der Waals surface area (Å²) >= 11 is 1.89. The molecular weight excluding hydrogens is 164 g/mol. The van der Waals surface area contributed by atoms with Crippen LogP contribution in [0.15, 0.2) is 11.5 Å². The first-order valence-electron chi connectivity index (χ1n) is 4.70. The van der Waals surface area contributed by atoms with Crippen molar-refractivity contribution in [3.8, 4) is 0 Å². The fourth-order valence-electron chi connectivity index (χ4n) is 1.00. The number of thioether (sulfide) groups is 1. The first-order chi connectivity index (χ1) is 5.42. The van der Waals surface area contributed by atoms with Crippen molar-refractivity contribution in [2.75, 3.05) is 5.75 Å². The van der Waals surface area contributed by atoms with Crippen molar-refractivity contribution >= 4 is 11.8 Å². The van der Waals surface area contributed by atoms with Crippen molar-refractivity contribution in [1.82, 2.24) is 0 Å². The number of hydrogen-bond donors (Lipinski definition) is 0. The van der Waals surface area contributed by atoms with E-state index < -0.39 is 0 Å². The predicted molar refractivity (Wildman–Crippen MR) is 60.6 cm³/mol. The summed E-state index contributed by atoms with van der Waals surface area (Å²) in [4.78, 5) is 1.24. The van der Waals surface area contributed by atoms with E-state index in [0.717, 1.165) is 0 Å². The van der Waals surface area contributed by atoms with Crippen LogP contribution in [0.2, 0.25) is 0 Å². The molecule has 0 spiro atoms. The molecule has 0 aromatic heterocycles. The molecule has 0 aliphatic heterocycles. The quantitative estimate of drug-likeness (QED) is 0.571. The minimum absolute atomic E-state index is 0.508. The Morgan fingerprint density at radius 1 is 1.25 bits per heavy atom. The molecule has 0 aliphatic rings. The van der Waals surface area contributed by atoms with Crippen molar-refractivity contribution < 1.29 is 0 Å². The summed E-state index contributed by atoms with van der Waals surface area (Å²) in [5.74, 6) is 1.24. The van der Waals surface area contributed by atoms with Gasteiger partial charge in [-0.1, -0.05) is 33.8 Å². The topological polar surface area (TPSA) is 0 Å². The largest absolute Gasteiger partial charge is 0.132 e. The van der Waals surface area contributed by atoms with Gasteiger partial charge in [-0.3, -0.25) is 0 Å². The normalized spacial score (nSPS) is 11.7. The van der Waals surface area contributed by atoms with Gasteiger partial charge >= 0.3 is 0 Å². The lowest BCUT2D eigenvalue weighted by molar-refractivity contribution is 0.364. The van der Waals surface area contributed by atoms with Gasteiger partial charge in [-0.15, -0.1) is 11.8 Å². The summed E-state index contributed by atoms with van der Waals surface area (Å²) in [5, 5.41) is 0. The zero-order chi connectivity index (χ0) is 9.61. The van der Waals surface area contributed by atoms with E-state index in [1.54, 1.807) is 0 Å². The van der Waals surface area contributed by atoms with Crippen molar-refractivity contribution in [2.24, 2.45) is 5.41 Å². The van der Waals surface area contributed by atoms with Gasteiger partial charge in [-0.25, -0.2) is 0 Å². The fraction of sp³-hybridized carbons (Fsp3) is 0.818. The zero-order valence-electron chi connectivity index (χ0n) is 8.94. The number of hydrogen-bond acceptors (Lipinski definition) is 1. The Bertz CT molecular complexity index is 130. The van der Waals surface area contributed by atoms with Gasteiger partial charge in [0.1, 0.15) is 0 Å². The fourth-order valence-corrected chi connectivity index (χ4v) is 1.70. The second kappa shape index (κ2) is 5.69. The van der Waals surface area contributed by atoms with E-state index in [1.807, 2.05) is 11.8 Å². The second-order valence-electron chi connectivity index (χ2n) is 4.57. The third kappa shape index (κ3) is 10.1. The van der Waals surface area contributed by atoms with Crippen molar-refractivity contribution in [1.29, 1.82) is 0 Å². The molecule has 72 valence electrons. The molecule has 12 heavy (non-hydrogen) atoms. The Balaban J connectivity index is 3.17. The SMILES string of the molecule is C=C(C)SCCCCC(C)(C)C. The molecule has 0 heterocycles. The van der Waals surface area contributed by atoms with Crippen molar-refractivity contribution in [2.45, 2.75) is 47.0 Å². The molecule has 0 saturated carbocycles. The molecule has 0 aromatic rings. The van der Waals surface area contributed by atoms with Crippen molar-refractivity contribution in [3.05, 3.63) is 11.5 Å². The van der Waals surface area contributed by atoms with Gasteiger partial charge in [-0.2, -0.15) is 0 Å². The van der Waals surface area contributed by atoms with Crippen LogP contribution in [0.1, 0.15) is 47.0 Å². The van der Waals surface area contributed by atoms with E-state index in [9.17, 15) is 0 Å². The van der Waals surface area contributed by atoms with E-state index in [-0.39, 0.29) is 0 Å². The summed E-state index contributed by atoms with van der Waals surface area (Å²) < 4.78 is 0. The summed E-state index contributed by atoms with van der Waals surface area (Å²) in [6, 6.07) is 0. The maximum atomic E-state index is 3.86. The lowest BCUT2D eigenvalue weighted by atomic mass is 9.90. The molecule has 0 amide bonds. The highest BCUT2D eigenvalue weighted by molar-refractivity contribution is 8.03. The molecule has 0 N–H and O–H groups in total. The van der Waals surface area contributed by atoms with Gasteiger partial charge in [-0.05, 0) is 35.8 Å². The van der Waals surface area contributed by atoms with Gasteiger partial charge in [0, 0.05) is 0 Å². The average molecular weight is 186 g/mol. The van der Waals surface area contributed by atoms with Gasteiger partial charge in [0.2, 0.25) is 0 Å². The van der Waals surface area contributed by atoms with Gasteiger partial charge in [0.05, 0.1) is 0 Å². The van der Waals surface area contributed by atoms with Gasteiger partial charge in [0.25, 0.3) is 0 Å². The molecule has 0 nitrogen and oxygen atoms in total. The summed E-state index contributed by atoms with van der Waals surface area (Å²) in [6.45, 7) is 12.9. The summed E-state index contributed by atoms with van der Waals surface area (Å²) in [5.41, 5.74) is 0.508. The molecule has 0 saturated heterocycles. The maximum absolute atomic E-state index is 3.86. The number of rotatable bonds is 5. The first-order valence-corrected chi connectivity index (χ1v) is 5.69. The smallest absolute Gasteiger partial charge is 0.00236 e. The molecule has 0 unspecified atom stereocenters. The van der Waals surface area contributed by atoms with Crippen LogP contribution in [0.3, 0.4) is 0 Å². The molecule has 0 aliphatic carbocycles. The van der Waals surface area contributed by atoms with E-state index >= 15 is 0 Å². The number of unbranched alkanes of at least 4 members (excludes halogenated alkanes) is 1. The van der Waals surface area contributed by atoms with Crippen LogP contribution in [0, 0.1) is 5.41 Å². The van der Waals surface area contributed by atoms with Gasteiger partial charge < -0.3 is 0 Å². The Morgan fingerprint density at radius 2 is 1.83 bits per heavy atom. The monoisotopic (exact) mass is 186 g/mol. The van der Waals surface area contributed by atoms with Gasteiger partial charge in [0.15, 0.2) is 0 Å². The molecule has 0 bridgehead atoms. The van der Waals surface area contributed by atoms with E-state index in [1.165, 1.54) is 29.9 Å². The summed E-state index contributed by atoms with van der Waals surface area (Å²) in [6.07, 6.45) is 4.02.